The molecule has 0 aliphatic heterocycles. The second-order valence-corrected chi connectivity index (χ2v) is 5.30. The van der Waals surface area contributed by atoms with Crippen LogP contribution in [-0.2, 0) is 0 Å². The molecular weight excluding hydrogens is 269 g/mol. The normalized spacial score (nSPS) is 12.4. The SMILES string of the molecule is CC[C@H](C)[NH2+]CCCCOc1cccc(Cl)c1Cl. The lowest BCUT2D eigenvalue weighted by Gasteiger charge is -2.10. The predicted molar refractivity (Wildman–Crippen MR) is 77.7 cm³/mol. The molecule has 0 saturated carbocycles. The van der Waals surface area contributed by atoms with Crippen LogP contribution in [0.5, 0.6) is 5.75 Å². The number of benzene rings is 1. The fourth-order valence-electron chi connectivity index (χ4n) is 1.59. The van der Waals surface area contributed by atoms with Crippen LogP contribution in [0, 0.1) is 0 Å². The summed E-state index contributed by atoms with van der Waals surface area (Å²) in [4.78, 5) is 0. The highest BCUT2D eigenvalue weighted by Crippen LogP contribution is 2.31. The van der Waals surface area contributed by atoms with Gasteiger partial charge in [-0.1, -0.05) is 36.2 Å². The first-order valence-electron chi connectivity index (χ1n) is 6.55. The number of rotatable bonds is 8. The molecule has 2 nitrogen and oxygen atoms in total. The summed E-state index contributed by atoms with van der Waals surface area (Å²) in [6.45, 7) is 6.31. The number of halogens is 2. The molecule has 0 bridgehead atoms. The smallest absolute Gasteiger partial charge is 0.139 e. The molecule has 2 N–H and O–H groups in total. The van der Waals surface area contributed by atoms with E-state index in [4.69, 9.17) is 27.9 Å². The number of hydrogen-bond donors (Lipinski definition) is 1. The van der Waals surface area contributed by atoms with Crippen LogP contribution in [0.25, 0.3) is 0 Å². The van der Waals surface area contributed by atoms with Crippen molar-refractivity contribution in [1.29, 1.82) is 0 Å². The van der Waals surface area contributed by atoms with E-state index in [9.17, 15) is 0 Å². The molecule has 0 radical (unpaired) electrons. The second kappa shape index (κ2) is 8.63. The van der Waals surface area contributed by atoms with Gasteiger partial charge in [0.2, 0.25) is 0 Å². The van der Waals surface area contributed by atoms with Gasteiger partial charge in [-0.2, -0.15) is 0 Å². The summed E-state index contributed by atoms with van der Waals surface area (Å²) >= 11 is 11.9. The Balaban J connectivity index is 2.16. The minimum Gasteiger partial charge on any atom is -0.492 e. The van der Waals surface area contributed by atoms with Gasteiger partial charge in [-0.25, -0.2) is 0 Å². The average molecular weight is 291 g/mol. The van der Waals surface area contributed by atoms with Crippen molar-refractivity contribution in [3.05, 3.63) is 28.2 Å². The Morgan fingerprint density at radius 3 is 2.78 bits per heavy atom. The first-order valence-corrected chi connectivity index (χ1v) is 7.30. The molecule has 1 atom stereocenters. The van der Waals surface area contributed by atoms with Crippen LogP contribution >= 0.6 is 23.2 Å². The standard InChI is InChI=1S/C14H21Cl2NO/c1-3-11(2)17-9-4-5-10-18-13-8-6-7-12(15)14(13)16/h6-8,11,17H,3-5,9-10H2,1-2H3/p+1/t11-/m0/s1. The minimum absolute atomic E-state index is 0.505. The van der Waals surface area contributed by atoms with Gasteiger partial charge in [-0.15, -0.1) is 0 Å². The molecular formula is C14H22Cl2NO+. The minimum atomic E-state index is 0.505. The highest BCUT2D eigenvalue weighted by atomic mass is 35.5. The van der Waals surface area contributed by atoms with Crippen molar-refractivity contribution in [3.63, 3.8) is 0 Å². The van der Waals surface area contributed by atoms with Crippen molar-refractivity contribution in [1.82, 2.24) is 0 Å². The maximum atomic E-state index is 6.03. The van der Waals surface area contributed by atoms with Crippen LogP contribution in [0.2, 0.25) is 10.0 Å². The van der Waals surface area contributed by atoms with E-state index < -0.39 is 0 Å². The molecule has 0 spiro atoms. The number of quaternary nitrogens is 1. The zero-order chi connectivity index (χ0) is 13.4. The summed E-state index contributed by atoms with van der Waals surface area (Å²) in [5, 5.41) is 3.43. The van der Waals surface area contributed by atoms with E-state index in [1.807, 2.05) is 12.1 Å². The Morgan fingerprint density at radius 1 is 1.28 bits per heavy atom. The molecule has 18 heavy (non-hydrogen) atoms. The quantitative estimate of drug-likeness (QED) is 0.729. The Kier molecular flexibility index (Phi) is 7.48. The summed E-state index contributed by atoms with van der Waals surface area (Å²) in [6.07, 6.45) is 3.41. The van der Waals surface area contributed by atoms with E-state index >= 15 is 0 Å². The van der Waals surface area contributed by atoms with Gasteiger partial charge in [-0.05, 0) is 38.3 Å². The molecule has 4 heteroatoms. The Labute approximate surface area is 120 Å². The molecule has 0 aromatic heterocycles. The highest BCUT2D eigenvalue weighted by Gasteiger charge is 2.05. The number of unbranched alkanes of at least 4 members (excludes halogenated alkanes) is 1. The first-order chi connectivity index (χ1) is 8.65. The number of hydrogen-bond acceptors (Lipinski definition) is 1. The van der Waals surface area contributed by atoms with Crippen LogP contribution in [0.3, 0.4) is 0 Å². The zero-order valence-electron chi connectivity index (χ0n) is 11.1. The Hall–Kier alpha value is -0.440. The van der Waals surface area contributed by atoms with Gasteiger partial charge in [0.05, 0.1) is 24.2 Å². The van der Waals surface area contributed by atoms with E-state index in [1.54, 1.807) is 6.07 Å². The monoisotopic (exact) mass is 290 g/mol. The molecule has 1 aromatic carbocycles. The third kappa shape index (κ3) is 5.47. The van der Waals surface area contributed by atoms with Gasteiger partial charge >= 0.3 is 0 Å². The molecule has 0 fully saturated rings. The third-order valence-corrected chi connectivity index (χ3v) is 3.79. The third-order valence-electron chi connectivity index (χ3n) is 2.99. The molecule has 102 valence electrons. The lowest BCUT2D eigenvalue weighted by atomic mass is 10.2. The Bertz CT molecular complexity index is 358. The summed E-state index contributed by atoms with van der Waals surface area (Å²) in [7, 11) is 0. The number of nitrogens with two attached hydrogens (primary N) is 1. The molecule has 0 amide bonds. The summed E-state index contributed by atoms with van der Waals surface area (Å²) < 4.78 is 5.62. The largest absolute Gasteiger partial charge is 0.492 e. The van der Waals surface area contributed by atoms with Crippen molar-refractivity contribution in [2.24, 2.45) is 0 Å². The first kappa shape index (κ1) is 15.6. The topological polar surface area (TPSA) is 25.8 Å². The molecule has 1 aromatic rings. The molecule has 0 aliphatic rings. The van der Waals surface area contributed by atoms with Crippen LogP contribution in [0.15, 0.2) is 18.2 Å². The Morgan fingerprint density at radius 2 is 2.06 bits per heavy atom. The van der Waals surface area contributed by atoms with Crippen LogP contribution < -0.4 is 10.1 Å². The van der Waals surface area contributed by atoms with Crippen molar-refractivity contribution in [2.45, 2.75) is 39.2 Å². The number of ether oxygens (including phenoxy) is 1. The molecule has 0 saturated heterocycles. The van der Waals surface area contributed by atoms with Crippen LogP contribution in [0.1, 0.15) is 33.1 Å². The van der Waals surface area contributed by atoms with Crippen molar-refractivity contribution < 1.29 is 10.1 Å². The van der Waals surface area contributed by atoms with Gasteiger partial charge in [0.25, 0.3) is 0 Å². The fourth-order valence-corrected chi connectivity index (χ4v) is 1.94. The molecule has 0 unspecified atom stereocenters. The summed E-state index contributed by atoms with van der Waals surface area (Å²) in [5.74, 6) is 0.676. The second-order valence-electron chi connectivity index (χ2n) is 4.52. The van der Waals surface area contributed by atoms with Gasteiger partial charge in [0.1, 0.15) is 10.8 Å². The van der Waals surface area contributed by atoms with Gasteiger partial charge < -0.3 is 10.1 Å². The lowest BCUT2D eigenvalue weighted by molar-refractivity contribution is -0.686. The van der Waals surface area contributed by atoms with E-state index in [0.717, 1.165) is 19.4 Å². The average Bonchev–Trinajstić information content (AvgIpc) is 2.38. The molecule has 1 rings (SSSR count). The van der Waals surface area contributed by atoms with Crippen molar-refractivity contribution in [3.8, 4) is 5.75 Å². The molecule has 0 aliphatic carbocycles. The fraction of sp³-hybridized carbons (Fsp3) is 0.571. The maximum absolute atomic E-state index is 6.03. The predicted octanol–water partition coefficient (Wildman–Crippen LogP) is 3.51. The van der Waals surface area contributed by atoms with Crippen molar-refractivity contribution >= 4 is 23.2 Å². The van der Waals surface area contributed by atoms with Gasteiger partial charge in [0, 0.05) is 0 Å². The lowest BCUT2D eigenvalue weighted by Crippen LogP contribution is -2.89. The van der Waals surface area contributed by atoms with E-state index in [2.05, 4.69) is 19.2 Å². The maximum Gasteiger partial charge on any atom is 0.139 e. The van der Waals surface area contributed by atoms with Crippen molar-refractivity contribution in [2.75, 3.05) is 13.2 Å². The van der Waals surface area contributed by atoms with E-state index in [0.29, 0.717) is 28.4 Å². The van der Waals surface area contributed by atoms with Crippen LogP contribution in [0.4, 0.5) is 0 Å². The van der Waals surface area contributed by atoms with E-state index in [1.165, 1.54) is 6.42 Å². The van der Waals surface area contributed by atoms with Crippen LogP contribution in [-0.4, -0.2) is 19.2 Å². The summed E-state index contributed by atoms with van der Waals surface area (Å²) in [5.41, 5.74) is 0. The zero-order valence-corrected chi connectivity index (χ0v) is 12.6. The molecule has 0 heterocycles. The van der Waals surface area contributed by atoms with E-state index in [-0.39, 0.29) is 0 Å². The van der Waals surface area contributed by atoms with Gasteiger partial charge in [-0.3, -0.25) is 0 Å². The highest BCUT2D eigenvalue weighted by molar-refractivity contribution is 6.42. The van der Waals surface area contributed by atoms with Gasteiger partial charge in [0.15, 0.2) is 0 Å². The summed E-state index contributed by atoms with van der Waals surface area (Å²) in [6, 6.07) is 6.17.